The number of amides is 2. The van der Waals surface area contributed by atoms with Crippen LogP contribution in [0.15, 0.2) is 53.1 Å². The van der Waals surface area contributed by atoms with Crippen LogP contribution < -0.4 is 5.32 Å². The van der Waals surface area contributed by atoms with Crippen molar-refractivity contribution in [2.45, 2.75) is 24.9 Å². The lowest BCUT2D eigenvalue weighted by atomic mass is 9.76. The molecule has 1 aromatic heterocycles. The van der Waals surface area contributed by atoms with Gasteiger partial charge in [0.15, 0.2) is 0 Å². The number of furan rings is 1. The molecular weight excluding hydrogens is 360 g/mol. The molecule has 4 atom stereocenters. The number of carbonyl (C=O) groups excluding carboxylic acids is 3. The van der Waals surface area contributed by atoms with Crippen LogP contribution in [0.4, 0.5) is 0 Å². The highest BCUT2D eigenvalue weighted by Crippen LogP contribution is 2.50. The van der Waals surface area contributed by atoms with Crippen LogP contribution in [0.2, 0.25) is 0 Å². The average Bonchev–Trinajstić information content (AvgIpc) is 3.40. The monoisotopic (exact) mass is 382 g/mol. The molecule has 2 aliphatic heterocycles. The second-order valence-corrected chi connectivity index (χ2v) is 7.19. The quantitative estimate of drug-likeness (QED) is 0.625. The van der Waals surface area contributed by atoms with Crippen molar-refractivity contribution in [1.82, 2.24) is 10.2 Å². The summed E-state index contributed by atoms with van der Waals surface area (Å²) >= 11 is 0. The Balaban J connectivity index is 1.86. The highest BCUT2D eigenvalue weighted by Gasteiger charge is 2.68. The van der Waals surface area contributed by atoms with Crippen molar-refractivity contribution in [3.63, 3.8) is 0 Å². The number of hydrogen-bond donors (Lipinski definition) is 1. The number of nitrogens with one attached hydrogen (secondary N) is 1. The Labute approximate surface area is 162 Å². The Bertz CT molecular complexity index is 895. The predicted molar refractivity (Wildman–Crippen MR) is 98.9 cm³/mol. The zero-order valence-electron chi connectivity index (χ0n) is 15.8. The molecule has 2 aliphatic rings. The molecule has 0 unspecified atom stereocenters. The van der Waals surface area contributed by atoms with Crippen LogP contribution in [0.3, 0.4) is 0 Å². The summed E-state index contributed by atoms with van der Waals surface area (Å²) in [6.07, 6.45) is 1.75. The molecule has 7 heteroatoms. The van der Waals surface area contributed by atoms with Crippen molar-refractivity contribution in [3.05, 3.63) is 60.1 Å². The molecular formula is C21H22N2O5. The molecule has 0 radical (unpaired) electrons. The molecule has 2 aromatic rings. The number of rotatable bonds is 5. The summed E-state index contributed by atoms with van der Waals surface area (Å²) in [6.45, 7) is 2.02. The summed E-state index contributed by atoms with van der Waals surface area (Å²) in [5, 5.41) is 3.28. The van der Waals surface area contributed by atoms with Gasteiger partial charge >= 0.3 is 5.97 Å². The lowest BCUT2D eigenvalue weighted by Gasteiger charge is -2.32. The van der Waals surface area contributed by atoms with E-state index < -0.39 is 29.4 Å². The number of methoxy groups -OCH3 is 1. The number of carbonyl (C=O) groups is 3. The van der Waals surface area contributed by atoms with Gasteiger partial charge in [-0.15, -0.1) is 0 Å². The van der Waals surface area contributed by atoms with Crippen LogP contribution >= 0.6 is 0 Å². The third-order valence-electron chi connectivity index (χ3n) is 5.79. The predicted octanol–water partition coefficient (Wildman–Crippen LogP) is 1.70. The van der Waals surface area contributed by atoms with E-state index in [0.717, 1.165) is 5.56 Å². The van der Waals surface area contributed by atoms with Crippen LogP contribution in [-0.2, 0) is 25.5 Å². The summed E-state index contributed by atoms with van der Waals surface area (Å²) in [4.78, 5) is 40.5. The minimum Gasteiger partial charge on any atom is -0.468 e. The molecule has 0 bridgehead atoms. The smallest absolute Gasteiger partial charge is 0.327 e. The van der Waals surface area contributed by atoms with Crippen LogP contribution in [0.1, 0.15) is 24.3 Å². The largest absolute Gasteiger partial charge is 0.468 e. The molecule has 146 valence electrons. The number of nitrogens with zero attached hydrogens (tertiary/aromatic N) is 1. The number of likely N-dealkylation sites (tertiary alicyclic amines) is 1. The Morgan fingerprint density at radius 2 is 1.93 bits per heavy atom. The zero-order chi connectivity index (χ0) is 19.9. The van der Waals surface area contributed by atoms with E-state index in [9.17, 15) is 14.4 Å². The molecule has 3 heterocycles. The lowest BCUT2D eigenvalue weighted by Crippen LogP contribution is -2.57. The normalized spacial score (nSPS) is 29.2. The van der Waals surface area contributed by atoms with Crippen LogP contribution in [0.25, 0.3) is 0 Å². The Morgan fingerprint density at radius 3 is 2.54 bits per heavy atom. The maximum atomic E-state index is 13.2. The van der Waals surface area contributed by atoms with Gasteiger partial charge in [-0.1, -0.05) is 30.3 Å². The fraction of sp³-hybridized carbons (Fsp3) is 0.381. The zero-order valence-corrected chi connectivity index (χ0v) is 15.8. The molecule has 4 rings (SSSR count). The molecule has 1 N–H and O–H groups in total. The number of hydrogen-bond acceptors (Lipinski definition) is 6. The summed E-state index contributed by atoms with van der Waals surface area (Å²) in [5.74, 6) is -2.25. The van der Waals surface area contributed by atoms with Crippen LogP contribution in [0, 0.1) is 11.8 Å². The van der Waals surface area contributed by atoms with Gasteiger partial charge in [-0.25, -0.2) is 0 Å². The third kappa shape index (κ3) is 2.57. The van der Waals surface area contributed by atoms with Crippen molar-refractivity contribution in [2.24, 2.45) is 11.8 Å². The van der Waals surface area contributed by atoms with Gasteiger partial charge in [0.2, 0.25) is 11.8 Å². The van der Waals surface area contributed by atoms with Crippen LogP contribution in [0.5, 0.6) is 0 Å². The van der Waals surface area contributed by atoms with E-state index in [-0.39, 0.29) is 24.8 Å². The van der Waals surface area contributed by atoms with E-state index in [0.29, 0.717) is 5.76 Å². The second-order valence-electron chi connectivity index (χ2n) is 7.19. The number of esters is 1. The van der Waals surface area contributed by atoms with Crippen LogP contribution in [-0.4, -0.2) is 41.9 Å². The number of fused-ring (bicyclic) bond motifs is 1. The van der Waals surface area contributed by atoms with Crippen molar-refractivity contribution in [1.29, 1.82) is 0 Å². The second kappa shape index (κ2) is 6.91. The highest BCUT2D eigenvalue weighted by atomic mass is 16.5. The first-order valence-corrected chi connectivity index (χ1v) is 9.32. The number of benzene rings is 1. The molecule has 0 spiro atoms. The minimum atomic E-state index is -1.35. The Morgan fingerprint density at radius 1 is 1.18 bits per heavy atom. The fourth-order valence-corrected chi connectivity index (χ4v) is 4.61. The lowest BCUT2D eigenvalue weighted by molar-refractivity contribution is -0.154. The van der Waals surface area contributed by atoms with Gasteiger partial charge in [-0.05, 0) is 24.6 Å². The van der Waals surface area contributed by atoms with Gasteiger partial charge in [0, 0.05) is 13.0 Å². The van der Waals surface area contributed by atoms with E-state index in [4.69, 9.17) is 9.15 Å². The van der Waals surface area contributed by atoms with E-state index in [2.05, 4.69) is 5.32 Å². The summed E-state index contributed by atoms with van der Waals surface area (Å²) in [7, 11) is 1.30. The molecule has 0 saturated carbocycles. The van der Waals surface area contributed by atoms with Gasteiger partial charge < -0.3 is 9.15 Å². The van der Waals surface area contributed by atoms with E-state index in [1.165, 1.54) is 18.3 Å². The third-order valence-corrected chi connectivity index (χ3v) is 5.79. The first kappa shape index (κ1) is 18.4. The topological polar surface area (TPSA) is 88.9 Å². The first-order valence-electron chi connectivity index (χ1n) is 9.32. The molecule has 1 aromatic carbocycles. The maximum Gasteiger partial charge on any atom is 0.327 e. The maximum absolute atomic E-state index is 13.2. The van der Waals surface area contributed by atoms with Gasteiger partial charge in [0.05, 0.1) is 31.3 Å². The van der Waals surface area contributed by atoms with Crippen molar-refractivity contribution >= 4 is 17.8 Å². The van der Waals surface area contributed by atoms with E-state index in [1.54, 1.807) is 19.1 Å². The van der Waals surface area contributed by atoms with Gasteiger partial charge in [0.1, 0.15) is 11.3 Å². The molecule has 2 amide bonds. The summed E-state index contributed by atoms with van der Waals surface area (Å²) in [6, 6.07) is 12.3. The van der Waals surface area contributed by atoms with Gasteiger partial charge in [-0.3, -0.25) is 24.6 Å². The van der Waals surface area contributed by atoms with Crippen molar-refractivity contribution < 1.29 is 23.5 Å². The average molecular weight is 382 g/mol. The standard InChI is InChI=1S/C21H22N2O5/c1-3-23-18(24)15-16(19(23)25)21(20(26)27-2,12-13-8-5-4-6-9-13)22-17(15)14-10-7-11-28-14/h4-11,15-17,22H,3,12H2,1-2H3/t15-,16-,17-,21-/m0/s1. The first-order chi connectivity index (χ1) is 13.5. The van der Waals surface area contributed by atoms with Crippen molar-refractivity contribution in [2.75, 3.05) is 13.7 Å². The number of imide groups is 1. The Hall–Kier alpha value is -2.93. The number of ether oxygens (including phenoxy) is 1. The van der Waals surface area contributed by atoms with E-state index in [1.807, 2.05) is 30.3 Å². The fourth-order valence-electron chi connectivity index (χ4n) is 4.61. The highest BCUT2D eigenvalue weighted by molar-refractivity contribution is 6.09. The van der Waals surface area contributed by atoms with E-state index >= 15 is 0 Å². The molecule has 0 aliphatic carbocycles. The molecule has 7 nitrogen and oxygen atoms in total. The summed E-state index contributed by atoms with van der Waals surface area (Å²) in [5.41, 5.74) is -0.482. The SMILES string of the molecule is CCN1C(=O)[C@H]2[C@@H](C1=O)[C@@](Cc1ccccc1)(C(=O)OC)N[C@H]2c1ccco1. The van der Waals surface area contributed by atoms with Gasteiger partial charge in [0.25, 0.3) is 0 Å². The summed E-state index contributed by atoms with van der Waals surface area (Å²) < 4.78 is 10.7. The minimum absolute atomic E-state index is 0.232. The molecule has 2 fully saturated rings. The van der Waals surface area contributed by atoms with Gasteiger partial charge in [-0.2, -0.15) is 0 Å². The van der Waals surface area contributed by atoms with Crippen molar-refractivity contribution in [3.8, 4) is 0 Å². The Kier molecular flexibility index (Phi) is 4.55. The molecule has 28 heavy (non-hydrogen) atoms. The molecule has 2 saturated heterocycles.